The maximum Gasteiger partial charge on any atom is 0.416 e. The summed E-state index contributed by atoms with van der Waals surface area (Å²) in [6.07, 6.45) is -3.16. The zero-order valence-corrected chi connectivity index (χ0v) is 13.8. The van der Waals surface area contributed by atoms with Crippen LogP contribution in [0.25, 0.3) is 0 Å². The van der Waals surface area contributed by atoms with E-state index in [1.165, 1.54) is 16.4 Å². The predicted octanol–water partition coefficient (Wildman–Crippen LogP) is 2.61. The van der Waals surface area contributed by atoms with E-state index in [0.29, 0.717) is 25.9 Å². The van der Waals surface area contributed by atoms with Gasteiger partial charge in [-0.3, -0.25) is 0 Å². The minimum atomic E-state index is -4.36. The Kier molecular flexibility index (Phi) is 5.70. The molecule has 0 radical (unpaired) electrons. The Morgan fingerprint density at radius 2 is 1.83 bits per heavy atom. The molecule has 8 heteroatoms. The Balaban J connectivity index is 1.92. The Morgan fingerprint density at radius 1 is 1.22 bits per heavy atom. The molecule has 0 bridgehead atoms. The van der Waals surface area contributed by atoms with Gasteiger partial charge in [0.1, 0.15) is 0 Å². The summed E-state index contributed by atoms with van der Waals surface area (Å²) in [5.41, 5.74) is -0.415. The lowest BCUT2D eigenvalue weighted by atomic mass is 10.0. The summed E-state index contributed by atoms with van der Waals surface area (Å²) in [6.45, 7) is 2.55. The Bertz CT molecular complexity index is 624. The molecule has 1 aromatic carbocycles. The quantitative estimate of drug-likeness (QED) is 0.888. The van der Waals surface area contributed by atoms with Crippen molar-refractivity contribution in [2.75, 3.05) is 18.8 Å². The first kappa shape index (κ1) is 18.2. The van der Waals surface area contributed by atoms with Gasteiger partial charge < -0.3 is 5.32 Å². The fraction of sp³-hybridized carbons (Fsp3) is 0.600. The lowest BCUT2D eigenvalue weighted by Gasteiger charge is -2.31. The van der Waals surface area contributed by atoms with E-state index in [4.69, 9.17) is 0 Å². The van der Waals surface area contributed by atoms with Crippen molar-refractivity contribution < 1.29 is 21.6 Å². The molecule has 0 amide bonds. The number of hydrogen-bond acceptors (Lipinski definition) is 3. The van der Waals surface area contributed by atoms with Crippen LogP contribution in [-0.4, -0.2) is 37.6 Å². The van der Waals surface area contributed by atoms with Crippen LogP contribution in [0.2, 0.25) is 0 Å². The molecular formula is C15H21F3N2O2S. The number of nitrogens with one attached hydrogen (secondary N) is 1. The number of rotatable bonds is 5. The SMILES string of the molecule is CCS(=O)(=O)N1CCC(NCc2ccccc2C(F)(F)F)CC1. The maximum absolute atomic E-state index is 12.9. The van der Waals surface area contributed by atoms with Crippen LogP contribution < -0.4 is 5.32 Å². The van der Waals surface area contributed by atoms with Gasteiger partial charge in [0.05, 0.1) is 11.3 Å². The van der Waals surface area contributed by atoms with Gasteiger partial charge in [0.2, 0.25) is 10.0 Å². The van der Waals surface area contributed by atoms with Crippen LogP contribution in [0, 0.1) is 0 Å². The molecule has 1 saturated heterocycles. The third-order valence-electron chi connectivity index (χ3n) is 4.12. The van der Waals surface area contributed by atoms with Crippen LogP contribution >= 0.6 is 0 Å². The number of sulfonamides is 1. The Labute approximate surface area is 134 Å². The highest BCUT2D eigenvalue weighted by molar-refractivity contribution is 7.89. The second-order valence-corrected chi connectivity index (χ2v) is 7.87. The number of halogens is 3. The number of nitrogens with zero attached hydrogens (tertiary/aromatic N) is 1. The molecule has 0 aromatic heterocycles. The summed E-state index contributed by atoms with van der Waals surface area (Å²) in [5.74, 6) is 0.0735. The van der Waals surface area contributed by atoms with Gasteiger partial charge in [-0.25, -0.2) is 12.7 Å². The fourth-order valence-corrected chi connectivity index (χ4v) is 3.86. The summed E-state index contributed by atoms with van der Waals surface area (Å²) in [7, 11) is -3.18. The van der Waals surface area contributed by atoms with E-state index in [9.17, 15) is 21.6 Å². The van der Waals surface area contributed by atoms with Gasteiger partial charge in [-0.15, -0.1) is 0 Å². The molecule has 0 saturated carbocycles. The van der Waals surface area contributed by atoms with Crippen molar-refractivity contribution in [1.29, 1.82) is 0 Å². The lowest BCUT2D eigenvalue weighted by molar-refractivity contribution is -0.138. The van der Waals surface area contributed by atoms with Gasteiger partial charge in [-0.2, -0.15) is 13.2 Å². The van der Waals surface area contributed by atoms with Gasteiger partial charge in [-0.05, 0) is 31.4 Å². The number of piperidine rings is 1. The van der Waals surface area contributed by atoms with E-state index in [-0.39, 0.29) is 23.9 Å². The Hall–Kier alpha value is -1.12. The summed E-state index contributed by atoms with van der Waals surface area (Å²) in [6, 6.07) is 5.53. The molecule has 0 unspecified atom stereocenters. The maximum atomic E-state index is 12.9. The van der Waals surface area contributed by atoms with E-state index in [1.54, 1.807) is 13.0 Å². The van der Waals surface area contributed by atoms with Gasteiger partial charge in [0, 0.05) is 25.7 Å². The van der Waals surface area contributed by atoms with Crippen LogP contribution in [0.15, 0.2) is 24.3 Å². The molecule has 0 atom stereocenters. The molecule has 1 aliphatic heterocycles. The second-order valence-electron chi connectivity index (χ2n) is 5.61. The standard InChI is InChI=1S/C15H21F3N2O2S/c1-2-23(21,22)20-9-7-13(8-10-20)19-11-12-5-3-4-6-14(12)15(16,17)18/h3-6,13,19H,2,7-11H2,1H3. The van der Waals surface area contributed by atoms with Gasteiger partial charge in [0.25, 0.3) is 0 Å². The third kappa shape index (κ3) is 4.68. The van der Waals surface area contributed by atoms with Crippen molar-refractivity contribution in [3.8, 4) is 0 Å². The zero-order chi connectivity index (χ0) is 17.1. The highest BCUT2D eigenvalue weighted by atomic mass is 32.2. The van der Waals surface area contributed by atoms with Crippen molar-refractivity contribution in [2.24, 2.45) is 0 Å². The molecule has 1 fully saturated rings. The summed E-state index contributed by atoms with van der Waals surface area (Å²) in [4.78, 5) is 0. The van der Waals surface area contributed by atoms with Crippen molar-refractivity contribution in [3.05, 3.63) is 35.4 Å². The first-order valence-electron chi connectivity index (χ1n) is 7.60. The smallest absolute Gasteiger partial charge is 0.310 e. The topological polar surface area (TPSA) is 49.4 Å². The molecule has 0 spiro atoms. The minimum Gasteiger partial charge on any atom is -0.310 e. The molecule has 4 nitrogen and oxygen atoms in total. The molecule has 0 aliphatic carbocycles. The summed E-state index contributed by atoms with van der Waals surface area (Å²) >= 11 is 0. The first-order chi connectivity index (χ1) is 10.7. The number of alkyl halides is 3. The van der Waals surface area contributed by atoms with Crippen LogP contribution in [0.3, 0.4) is 0 Å². The summed E-state index contributed by atoms with van der Waals surface area (Å²) in [5, 5.41) is 3.12. The molecule has 1 aromatic rings. The van der Waals surface area contributed by atoms with Gasteiger partial charge in [-0.1, -0.05) is 18.2 Å². The largest absolute Gasteiger partial charge is 0.416 e. The lowest BCUT2D eigenvalue weighted by Crippen LogP contribution is -2.45. The second kappa shape index (κ2) is 7.19. The molecule has 1 N–H and O–H groups in total. The Morgan fingerprint density at radius 3 is 2.39 bits per heavy atom. The fourth-order valence-electron chi connectivity index (χ4n) is 2.73. The molecule has 1 heterocycles. The average Bonchev–Trinajstić information content (AvgIpc) is 2.53. The van der Waals surface area contributed by atoms with E-state index in [2.05, 4.69) is 5.32 Å². The van der Waals surface area contributed by atoms with Crippen LogP contribution in [0.4, 0.5) is 13.2 Å². The first-order valence-corrected chi connectivity index (χ1v) is 9.21. The minimum absolute atomic E-state index is 0.0274. The van der Waals surface area contributed by atoms with Crippen molar-refractivity contribution in [3.63, 3.8) is 0 Å². The van der Waals surface area contributed by atoms with Crippen molar-refractivity contribution in [1.82, 2.24) is 9.62 Å². The van der Waals surface area contributed by atoms with E-state index in [1.807, 2.05) is 0 Å². The monoisotopic (exact) mass is 350 g/mol. The molecule has 1 aliphatic rings. The third-order valence-corrected chi connectivity index (χ3v) is 6.00. The molecule has 130 valence electrons. The van der Waals surface area contributed by atoms with E-state index < -0.39 is 21.8 Å². The highest BCUT2D eigenvalue weighted by Gasteiger charge is 2.33. The molecular weight excluding hydrogens is 329 g/mol. The number of benzene rings is 1. The zero-order valence-electron chi connectivity index (χ0n) is 12.9. The van der Waals surface area contributed by atoms with Gasteiger partial charge >= 0.3 is 6.18 Å². The normalized spacial score (nSPS) is 18.3. The predicted molar refractivity (Wildman–Crippen MR) is 82.3 cm³/mol. The van der Waals surface area contributed by atoms with Crippen LogP contribution in [0.1, 0.15) is 30.9 Å². The van der Waals surface area contributed by atoms with Crippen molar-refractivity contribution in [2.45, 2.75) is 38.5 Å². The average molecular weight is 350 g/mol. The van der Waals surface area contributed by atoms with Crippen LogP contribution in [0.5, 0.6) is 0 Å². The molecule has 2 rings (SSSR count). The van der Waals surface area contributed by atoms with Crippen molar-refractivity contribution >= 4 is 10.0 Å². The number of hydrogen-bond donors (Lipinski definition) is 1. The van der Waals surface area contributed by atoms with Crippen LogP contribution in [-0.2, 0) is 22.7 Å². The van der Waals surface area contributed by atoms with E-state index >= 15 is 0 Å². The van der Waals surface area contributed by atoms with Gasteiger partial charge in [0.15, 0.2) is 0 Å². The molecule has 23 heavy (non-hydrogen) atoms. The highest BCUT2D eigenvalue weighted by Crippen LogP contribution is 2.31. The summed E-state index contributed by atoms with van der Waals surface area (Å²) < 4.78 is 63.8. The van der Waals surface area contributed by atoms with E-state index in [0.717, 1.165) is 6.07 Å².